The fraction of sp³-hybridized carbons (Fsp3) is 0.833. The molecule has 0 bridgehead atoms. The molecule has 6 heteroatoms. The van der Waals surface area contributed by atoms with E-state index in [0.29, 0.717) is 0 Å². The van der Waals surface area contributed by atoms with Gasteiger partial charge < -0.3 is 21.9 Å². The van der Waals surface area contributed by atoms with Gasteiger partial charge in [-0.2, -0.15) is 0 Å². The van der Waals surface area contributed by atoms with Crippen molar-refractivity contribution in [3.8, 4) is 0 Å². The molecule has 0 saturated carbocycles. The number of thioether (sulfide) groups is 1. The molecule has 0 amide bonds. The summed E-state index contributed by atoms with van der Waals surface area (Å²) in [6.45, 7) is 0.838. The van der Waals surface area contributed by atoms with E-state index in [4.69, 9.17) is 16.6 Å². The molecule has 6 N–H and O–H groups in total. The molecule has 0 spiro atoms. The maximum absolute atomic E-state index is 10.4. The second-order valence-electron chi connectivity index (χ2n) is 2.89. The number of rotatable bonds is 3. The van der Waals surface area contributed by atoms with Crippen molar-refractivity contribution in [1.82, 2.24) is 5.32 Å². The van der Waals surface area contributed by atoms with E-state index >= 15 is 0 Å². The highest BCUT2D eigenvalue weighted by Crippen LogP contribution is 2.22. The molecule has 0 radical (unpaired) electrons. The number of carboxylic acid groups (broad SMARTS) is 1. The van der Waals surface area contributed by atoms with E-state index in [2.05, 4.69) is 5.32 Å². The molecule has 70 valence electrons. The predicted octanol–water partition coefficient (Wildman–Crippen LogP) is -1.26. The molecule has 1 unspecified atom stereocenters. The minimum absolute atomic E-state index is 0.145. The Morgan fingerprint density at radius 3 is 2.83 bits per heavy atom. The Labute approximate surface area is 74.9 Å². The molecule has 0 aliphatic carbocycles. The predicted molar refractivity (Wildman–Crippen MR) is 47.6 cm³/mol. The van der Waals surface area contributed by atoms with Crippen LogP contribution in [-0.2, 0) is 4.79 Å². The average molecular weight is 191 g/mol. The number of hydrogen-bond donors (Lipinski definition) is 4. The first kappa shape index (κ1) is 9.79. The number of hydrogen-bond acceptors (Lipinski definition) is 5. The van der Waals surface area contributed by atoms with Gasteiger partial charge in [0.2, 0.25) is 0 Å². The van der Waals surface area contributed by atoms with Gasteiger partial charge in [-0.3, -0.25) is 4.79 Å². The molecular formula is C6H13N3O2S. The fourth-order valence-corrected chi connectivity index (χ4v) is 2.23. The molecule has 1 saturated heterocycles. The van der Waals surface area contributed by atoms with Crippen LogP contribution < -0.4 is 16.8 Å². The summed E-state index contributed by atoms with van der Waals surface area (Å²) in [6, 6.07) is 0. The largest absolute Gasteiger partial charge is 0.481 e. The molecule has 1 rings (SSSR count). The molecule has 0 aromatic heterocycles. The van der Waals surface area contributed by atoms with E-state index in [1.165, 1.54) is 0 Å². The van der Waals surface area contributed by atoms with Crippen molar-refractivity contribution in [2.24, 2.45) is 11.5 Å². The van der Waals surface area contributed by atoms with E-state index in [-0.39, 0.29) is 11.8 Å². The van der Waals surface area contributed by atoms with Crippen LogP contribution in [-0.4, -0.2) is 34.4 Å². The summed E-state index contributed by atoms with van der Waals surface area (Å²) in [7, 11) is 0. The fourth-order valence-electron chi connectivity index (χ4n) is 1.13. The van der Waals surface area contributed by atoms with Gasteiger partial charge in [-0.1, -0.05) is 0 Å². The first-order valence-corrected chi connectivity index (χ1v) is 4.72. The standard InChI is InChI=1S/C6H13N3O2S/c7-6(8,3-4(10)11)5-9-1-2-12-5/h5,9H,1-3,7-8H2,(H,10,11). The third kappa shape index (κ3) is 2.34. The molecule has 0 aromatic rings. The number of aliphatic carboxylic acids is 1. The van der Waals surface area contributed by atoms with Crippen LogP contribution in [0.4, 0.5) is 0 Å². The lowest BCUT2D eigenvalue weighted by atomic mass is 10.1. The van der Waals surface area contributed by atoms with Crippen molar-refractivity contribution in [2.45, 2.75) is 17.5 Å². The summed E-state index contributed by atoms with van der Waals surface area (Å²) in [5, 5.41) is 11.4. The molecule has 1 heterocycles. The van der Waals surface area contributed by atoms with Crippen LogP contribution in [0, 0.1) is 0 Å². The van der Waals surface area contributed by atoms with Gasteiger partial charge in [-0.25, -0.2) is 0 Å². The second-order valence-corrected chi connectivity index (χ2v) is 4.10. The maximum Gasteiger partial charge on any atom is 0.306 e. The third-order valence-corrected chi connectivity index (χ3v) is 3.04. The van der Waals surface area contributed by atoms with Gasteiger partial charge in [0.1, 0.15) is 0 Å². The van der Waals surface area contributed by atoms with E-state index in [1.54, 1.807) is 11.8 Å². The number of nitrogens with one attached hydrogen (secondary N) is 1. The lowest BCUT2D eigenvalue weighted by Crippen LogP contribution is -2.61. The minimum Gasteiger partial charge on any atom is -0.481 e. The zero-order valence-electron chi connectivity index (χ0n) is 6.62. The Balaban J connectivity index is 2.50. The highest BCUT2D eigenvalue weighted by atomic mass is 32.2. The highest BCUT2D eigenvalue weighted by molar-refractivity contribution is 8.00. The third-order valence-electron chi connectivity index (χ3n) is 1.66. The Hall–Kier alpha value is -0.300. The van der Waals surface area contributed by atoms with Crippen molar-refractivity contribution < 1.29 is 9.90 Å². The summed E-state index contributed by atoms with van der Waals surface area (Å²) in [5.41, 5.74) is 10.1. The smallest absolute Gasteiger partial charge is 0.306 e. The normalized spacial score (nSPS) is 24.3. The lowest BCUT2D eigenvalue weighted by Gasteiger charge is -2.28. The summed E-state index contributed by atoms with van der Waals surface area (Å²) in [5.74, 6) is -0.0326. The quantitative estimate of drug-likeness (QED) is 0.415. The monoisotopic (exact) mass is 191 g/mol. The number of carbonyl (C=O) groups is 1. The minimum atomic E-state index is -1.15. The van der Waals surface area contributed by atoms with Crippen molar-refractivity contribution in [3.63, 3.8) is 0 Å². The van der Waals surface area contributed by atoms with Crippen LogP contribution in [0.1, 0.15) is 6.42 Å². The van der Waals surface area contributed by atoms with Crippen molar-refractivity contribution in [3.05, 3.63) is 0 Å². The van der Waals surface area contributed by atoms with Gasteiger partial charge in [-0.05, 0) is 0 Å². The Kier molecular flexibility index (Phi) is 2.94. The summed E-state index contributed by atoms with van der Waals surface area (Å²) in [6.07, 6.45) is -0.211. The van der Waals surface area contributed by atoms with E-state index in [1.807, 2.05) is 0 Å². The first-order chi connectivity index (χ1) is 5.52. The zero-order valence-corrected chi connectivity index (χ0v) is 7.43. The van der Waals surface area contributed by atoms with Crippen LogP contribution in [0.15, 0.2) is 0 Å². The molecular weight excluding hydrogens is 178 g/mol. The van der Waals surface area contributed by atoms with Crippen LogP contribution in [0.2, 0.25) is 0 Å². The Bertz CT molecular complexity index is 180. The van der Waals surface area contributed by atoms with Crippen molar-refractivity contribution >= 4 is 17.7 Å². The zero-order chi connectivity index (χ0) is 9.19. The van der Waals surface area contributed by atoms with E-state index in [0.717, 1.165) is 12.3 Å². The van der Waals surface area contributed by atoms with Gasteiger partial charge >= 0.3 is 5.97 Å². The van der Waals surface area contributed by atoms with Crippen molar-refractivity contribution in [2.75, 3.05) is 12.3 Å². The van der Waals surface area contributed by atoms with E-state index < -0.39 is 11.6 Å². The van der Waals surface area contributed by atoms with Crippen LogP contribution in [0.5, 0.6) is 0 Å². The molecule has 1 aliphatic rings. The summed E-state index contributed by atoms with van der Waals surface area (Å²) >= 11 is 1.57. The van der Waals surface area contributed by atoms with Crippen LogP contribution >= 0.6 is 11.8 Å². The second kappa shape index (κ2) is 3.61. The first-order valence-electron chi connectivity index (χ1n) is 3.67. The van der Waals surface area contributed by atoms with Crippen LogP contribution in [0.3, 0.4) is 0 Å². The SMILES string of the molecule is NC(N)(CC(=O)O)C1NCCS1. The van der Waals surface area contributed by atoms with Crippen LogP contribution in [0.25, 0.3) is 0 Å². The van der Waals surface area contributed by atoms with Gasteiger partial charge in [-0.15, -0.1) is 11.8 Å². The van der Waals surface area contributed by atoms with Gasteiger partial charge in [0.15, 0.2) is 0 Å². The van der Waals surface area contributed by atoms with Gasteiger partial charge in [0.25, 0.3) is 0 Å². The summed E-state index contributed by atoms with van der Waals surface area (Å²) < 4.78 is 0. The number of nitrogens with two attached hydrogens (primary N) is 2. The van der Waals surface area contributed by atoms with Gasteiger partial charge in [0.05, 0.1) is 17.5 Å². The highest BCUT2D eigenvalue weighted by Gasteiger charge is 2.35. The average Bonchev–Trinajstić information content (AvgIpc) is 2.32. The molecule has 1 fully saturated rings. The van der Waals surface area contributed by atoms with Gasteiger partial charge in [0, 0.05) is 12.3 Å². The molecule has 12 heavy (non-hydrogen) atoms. The molecule has 1 aliphatic heterocycles. The Morgan fingerprint density at radius 2 is 2.42 bits per heavy atom. The lowest BCUT2D eigenvalue weighted by molar-refractivity contribution is -0.138. The molecule has 0 aromatic carbocycles. The molecule has 1 atom stereocenters. The molecule has 5 nitrogen and oxygen atoms in total. The summed E-state index contributed by atoms with van der Waals surface area (Å²) in [4.78, 5) is 10.4. The number of carboxylic acids is 1. The van der Waals surface area contributed by atoms with Crippen molar-refractivity contribution in [1.29, 1.82) is 0 Å². The maximum atomic E-state index is 10.4. The van der Waals surface area contributed by atoms with E-state index in [9.17, 15) is 4.79 Å². The topological polar surface area (TPSA) is 101 Å². The Morgan fingerprint density at radius 1 is 1.75 bits per heavy atom.